The Labute approximate surface area is 129 Å². The molecule has 0 spiro atoms. The van der Waals surface area contributed by atoms with Crippen LogP contribution in [-0.2, 0) is 0 Å². The van der Waals surface area contributed by atoms with Crippen LogP contribution in [0.1, 0.15) is 50.2 Å². The Kier molecular flexibility index (Phi) is 6.07. The number of likely N-dealkylation sites (tertiary alicyclic amines) is 1. The number of benzene rings is 1. The predicted octanol–water partition coefficient (Wildman–Crippen LogP) is 3.31. The maximum absolute atomic E-state index is 5.93. The number of rotatable bonds is 6. The topological polar surface area (TPSA) is 38.5 Å². The minimum Gasteiger partial charge on any atom is -0.492 e. The molecule has 118 valence electrons. The number of hydrogen-bond acceptors (Lipinski definition) is 3. The van der Waals surface area contributed by atoms with Crippen LogP contribution in [-0.4, -0.2) is 37.2 Å². The zero-order chi connectivity index (χ0) is 15.2. The van der Waals surface area contributed by atoms with Crippen molar-refractivity contribution in [3.05, 3.63) is 29.3 Å². The average Bonchev–Trinajstić information content (AvgIpc) is 2.47. The van der Waals surface area contributed by atoms with E-state index in [-0.39, 0.29) is 0 Å². The van der Waals surface area contributed by atoms with Crippen LogP contribution in [0.2, 0.25) is 0 Å². The molecular weight excluding hydrogens is 260 g/mol. The molecule has 1 aromatic rings. The first-order valence-corrected chi connectivity index (χ1v) is 8.29. The minimum absolute atomic E-state index is 0.549. The van der Waals surface area contributed by atoms with E-state index in [1.807, 2.05) is 0 Å². The van der Waals surface area contributed by atoms with Crippen LogP contribution in [0, 0.1) is 6.92 Å². The zero-order valence-electron chi connectivity index (χ0n) is 13.8. The van der Waals surface area contributed by atoms with E-state index in [1.165, 1.54) is 30.4 Å². The van der Waals surface area contributed by atoms with E-state index in [0.29, 0.717) is 12.0 Å². The van der Waals surface area contributed by atoms with Gasteiger partial charge in [0.05, 0.1) is 0 Å². The molecule has 1 fully saturated rings. The molecule has 1 saturated heterocycles. The van der Waals surface area contributed by atoms with E-state index in [2.05, 4.69) is 43.9 Å². The van der Waals surface area contributed by atoms with Gasteiger partial charge in [0.25, 0.3) is 0 Å². The van der Waals surface area contributed by atoms with Crippen LogP contribution in [0.5, 0.6) is 5.75 Å². The Morgan fingerprint density at radius 3 is 2.81 bits per heavy atom. The SMILES string of the molecule is Cc1cc(OCCN2CCCCC2CN)ccc1C(C)C. The largest absolute Gasteiger partial charge is 0.492 e. The Morgan fingerprint density at radius 2 is 2.14 bits per heavy atom. The normalized spacial score (nSPS) is 20.0. The van der Waals surface area contributed by atoms with Crippen LogP contribution in [0.15, 0.2) is 18.2 Å². The fraction of sp³-hybridized carbons (Fsp3) is 0.667. The first-order valence-electron chi connectivity index (χ1n) is 8.29. The second kappa shape index (κ2) is 7.81. The summed E-state index contributed by atoms with van der Waals surface area (Å²) in [5, 5.41) is 0. The van der Waals surface area contributed by atoms with Gasteiger partial charge in [0.2, 0.25) is 0 Å². The van der Waals surface area contributed by atoms with E-state index in [4.69, 9.17) is 10.5 Å². The lowest BCUT2D eigenvalue weighted by molar-refractivity contribution is 0.127. The predicted molar refractivity (Wildman–Crippen MR) is 89.0 cm³/mol. The van der Waals surface area contributed by atoms with Crippen LogP contribution in [0.3, 0.4) is 0 Å². The van der Waals surface area contributed by atoms with Crippen molar-refractivity contribution in [2.75, 3.05) is 26.2 Å². The van der Waals surface area contributed by atoms with Crippen molar-refractivity contribution in [1.82, 2.24) is 4.90 Å². The number of piperidine rings is 1. The second-order valence-corrected chi connectivity index (χ2v) is 6.44. The number of nitrogens with two attached hydrogens (primary N) is 1. The molecule has 1 heterocycles. The molecule has 0 radical (unpaired) electrons. The number of nitrogens with zero attached hydrogens (tertiary/aromatic N) is 1. The highest BCUT2D eigenvalue weighted by Crippen LogP contribution is 2.23. The first-order chi connectivity index (χ1) is 10.1. The highest BCUT2D eigenvalue weighted by molar-refractivity contribution is 5.36. The standard InChI is InChI=1S/C18H30N2O/c1-14(2)18-8-7-17(12-15(18)3)21-11-10-20-9-5-4-6-16(20)13-19/h7-8,12,14,16H,4-6,9-11,13,19H2,1-3H3. The molecule has 1 atom stereocenters. The fourth-order valence-corrected chi connectivity index (χ4v) is 3.29. The summed E-state index contributed by atoms with van der Waals surface area (Å²) < 4.78 is 5.93. The van der Waals surface area contributed by atoms with Gasteiger partial charge in [-0.05, 0) is 55.5 Å². The molecule has 1 unspecified atom stereocenters. The summed E-state index contributed by atoms with van der Waals surface area (Å²) >= 11 is 0. The molecule has 0 amide bonds. The zero-order valence-corrected chi connectivity index (χ0v) is 13.8. The van der Waals surface area contributed by atoms with Crippen molar-refractivity contribution in [2.45, 2.75) is 52.0 Å². The van der Waals surface area contributed by atoms with Gasteiger partial charge in [-0.2, -0.15) is 0 Å². The number of ether oxygens (including phenoxy) is 1. The molecule has 1 aliphatic rings. The molecule has 3 heteroatoms. The van der Waals surface area contributed by atoms with Gasteiger partial charge >= 0.3 is 0 Å². The van der Waals surface area contributed by atoms with Gasteiger partial charge < -0.3 is 10.5 Å². The molecule has 1 aliphatic heterocycles. The Morgan fingerprint density at radius 1 is 1.33 bits per heavy atom. The molecule has 0 bridgehead atoms. The Balaban J connectivity index is 1.84. The van der Waals surface area contributed by atoms with Crippen molar-refractivity contribution in [3.8, 4) is 5.75 Å². The monoisotopic (exact) mass is 290 g/mol. The quantitative estimate of drug-likeness (QED) is 0.873. The maximum atomic E-state index is 5.93. The average molecular weight is 290 g/mol. The summed E-state index contributed by atoms with van der Waals surface area (Å²) in [6, 6.07) is 7.00. The highest BCUT2D eigenvalue weighted by Gasteiger charge is 2.20. The maximum Gasteiger partial charge on any atom is 0.119 e. The molecule has 2 rings (SSSR count). The molecule has 21 heavy (non-hydrogen) atoms. The van der Waals surface area contributed by atoms with E-state index >= 15 is 0 Å². The lowest BCUT2D eigenvalue weighted by Gasteiger charge is -2.34. The van der Waals surface area contributed by atoms with Crippen molar-refractivity contribution in [1.29, 1.82) is 0 Å². The van der Waals surface area contributed by atoms with Gasteiger partial charge in [-0.3, -0.25) is 4.90 Å². The van der Waals surface area contributed by atoms with Gasteiger partial charge in [-0.1, -0.05) is 26.3 Å². The van der Waals surface area contributed by atoms with Crippen LogP contribution >= 0.6 is 0 Å². The van der Waals surface area contributed by atoms with Crippen molar-refractivity contribution >= 4 is 0 Å². The summed E-state index contributed by atoms with van der Waals surface area (Å²) in [6.07, 6.45) is 3.84. The minimum atomic E-state index is 0.549. The van der Waals surface area contributed by atoms with E-state index in [0.717, 1.165) is 32.0 Å². The molecule has 0 aromatic heterocycles. The molecule has 1 aromatic carbocycles. The number of hydrogen-bond donors (Lipinski definition) is 1. The van der Waals surface area contributed by atoms with E-state index < -0.39 is 0 Å². The second-order valence-electron chi connectivity index (χ2n) is 6.44. The summed E-state index contributed by atoms with van der Waals surface area (Å²) in [5.41, 5.74) is 8.58. The molecular formula is C18H30N2O. The lowest BCUT2D eigenvalue weighted by atomic mass is 9.98. The third-order valence-electron chi connectivity index (χ3n) is 4.53. The van der Waals surface area contributed by atoms with E-state index in [1.54, 1.807) is 0 Å². The van der Waals surface area contributed by atoms with Crippen molar-refractivity contribution < 1.29 is 4.74 Å². The van der Waals surface area contributed by atoms with Crippen LogP contribution < -0.4 is 10.5 Å². The van der Waals surface area contributed by atoms with E-state index in [9.17, 15) is 0 Å². The van der Waals surface area contributed by atoms with Gasteiger partial charge in [0, 0.05) is 19.1 Å². The summed E-state index contributed by atoms with van der Waals surface area (Å²) in [5.74, 6) is 1.55. The Bertz CT molecular complexity index is 445. The molecule has 2 N–H and O–H groups in total. The third-order valence-corrected chi connectivity index (χ3v) is 4.53. The fourth-order valence-electron chi connectivity index (χ4n) is 3.29. The molecule has 3 nitrogen and oxygen atoms in total. The smallest absolute Gasteiger partial charge is 0.119 e. The van der Waals surface area contributed by atoms with Gasteiger partial charge in [0.1, 0.15) is 12.4 Å². The molecule has 0 aliphatic carbocycles. The summed E-state index contributed by atoms with van der Waals surface area (Å²) in [6.45, 7) is 10.3. The first kappa shape index (κ1) is 16.3. The summed E-state index contributed by atoms with van der Waals surface area (Å²) in [4.78, 5) is 2.48. The lowest BCUT2D eigenvalue weighted by Crippen LogP contribution is -2.45. The highest BCUT2D eigenvalue weighted by atomic mass is 16.5. The van der Waals surface area contributed by atoms with Crippen LogP contribution in [0.25, 0.3) is 0 Å². The van der Waals surface area contributed by atoms with Gasteiger partial charge in [-0.15, -0.1) is 0 Å². The third kappa shape index (κ3) is 4.45. The Hall–Kier alpha value is -1.06. The van der Waals surface area contributed by atoms with Gasteiger partial charge in [0.15, 0.2) is 0 Å². The van der Waals surface area contributed by atoms with Crippen molar-refractivity contribution in [3.63, 3.8) is 0 Å². The van der Waals surface area contributed by atoms with Crippen molar-refractivity contribution in [2.24, 2.45) is 5.73 Å². The van der Waals surface area contributed by atoms with Crippen LogP contribution in [0.4, 0.5) is 0 Å². The number of aryl methyl sites for hydroxylation is 1. The summed E-state index contributed by atoms with van der Waals surface area (Å²) in [7, 11) is 0. The van der Waals surface area contributed by atoms with Gasteiger partial charge in [-0.25, -0.2) is 0 Å². The molecule has 0 saturated carbocycles.